The van der Waals surface area contributed by atoms with E-state index in [4.69, 9.17) is 17.3 Å². The molecular formula is C13H13BrClN3O2S. The summed E-state index contributed by atoms with van der Waals surface area (Å²) in [7, 11) is -3.75. The minimum Gasteiger partial charge on any atom is -0.398 e. The number of sulfonamides is 1. The van der Waals surface area contributed by atoms with Gasteiger partial charge in [0.05, 0.1) is 16.8 Å². The van der Waals surface area contributed by atoms with Crippen molar-refractivity contribution in [2.75, 3.05) is 10.5 Å². The van der Waals surface area contributed by atoms with Crippen molar-refractivity contribution in [3.63, 3.8) is 0 Å². The number of aromatic nitrogens is 1. The van der Waals surface area contributed by atoms with Crippen molar-refractivity contribution in [3.05, 3.63) is 45.1 Å². The zero-order valence-electron chi connectivity index (χ0n) is 11.3. The fourth-order valence-electron chi connectivity index (χ4n) is 1.78. The number of pyridine rings is 1. The summed E-state index contributed by atoms with van der Waals surface area (Å²) in [6, 6.07) is 4.69. The molecule has 0 atom stereocenters. The highest BCUT2D eigenvalue weighted by Crippen LogP contribution is 2.28. The molecule has 0 saturated heterocycles. The van der Waals surface area contributed by atoms with Crippen molar-refractivity contribution in [1.82, 2.24) is 4.98 Å². The van der Waals surface area contributed by atoms with E-state index in [9.17, 15) is 8.42 Å². The first-order chi connectivity index (χ1) is 9.70. The van der Waals surface area contributed by atoms with E-state index in [-0.39, 0.29) is 4.90 Å². The zero-order chi connectivity index (χ0) is 15.8. The maximum Gasteiger partial charge on any atom is 0.262 e. The minimum atomic E-state index is -3.75. The van der Waals surface area contributed by atoms with Crippen molar-refractivity contribution in [3.8, 4) is 0 Å². The van der Waals surface area contributed by atoms with Crippen LogP contribution < -0.4 is 10.5 Å². The van der Waals surface area contributed by atoms with Crippen molar-refractivity contribution in [1.29, 1.82) is 0 Å². The number of hydrogen-bond donors (Lipinski definition) is 2. The third kappa shape index (κ3) is 3.48. The molecule has 3 N–H and O–H groups in total. The number of halogens is 2. The third-order valence-corrected chi connectivity index (χ3v) is 5.46. The van der Waals surface area contributed by atoms with Gasteiger partial charge in [0, 0.05) is 10.2 Å². The Morgan fingerprint density at radius 2 is 1.90 bits per heavy atom. The predicted molar refractivity (Wildman–Crippen MR) is 88.1 cm³/mol. The van der Waals surface area contributed by atoms with Gasteiger partial charge in [-0.1, -0.05) is 11.6 Å². The van der Waals surface area contributed by atoms with Gasteiger partial charge in [0.2, 0.25) is 0 Å². The highest BCUT2D eigenvalue weighted by molar-refractivity contribution is 9.10. The first-order valence-corrected chi connectivity index (χ1v) is 8.56. The summed E-state index contributed by atoms with van der Waals surface area (Å²) < 4.78 is 28.0. The standard InChI is InChI=1S/C13H13BrClN3O2S/c1-7-4-10(14)11(16)5-12(7)21(19,20)18-9-3-8(2)13(15)17-6-9/h3-6,18H,16H2,1-2H3. The second kappa shape index (κ2) is 5.82. The lowest BCUT2D eigenvalue weighted by molar-refractivity contribution is 0.600. The number of rotatable bonds is 3. The van der Waals surface area contributed by atoms with Gasteiger partial charge in [-0.25, -0.2) is 13.4 Å². The summed E-state index contributed by atoms with van der Waals surface area (Å²) in [4.78, 5) is 4.04. The number of nitrogens with zero attached hydrogens (tertiary/aromatic N) is 1. The molecule has 0 fully saturated rings. The van der Waals surface area contributed by atoms with Crippen LogP contribution in [0.4, 0.5) is 11.4 Å². The zero-order valence-corrected chi connectivity index (χ0v) is 14.5. The molecule has 5 nitrogen and oxygen atoms in total. The molecule has 0 unspecified atom stereocenters. The van der Waals surface area contributed by atoms with Gasteiger partial charge < -0.3 is 5.73 Å². The minimum absolute atomic E-state index is 0.121. The number of aryl methyl sites for hydroxylation is 2. The van der Waals surface area contributed by atoms with Crippen molar-refractivity contribution < 1.29 is 8.42 Å². The van der Waals surface area contributed by atoms with Crippen LogP contribution in [0, 0.1) is 13.8 Å². The normalized spacial score (nSPS) is 11.4. The lowest BCUT2D eigenvalue weighted by atomic mass is 10.2. The molecule has 0 amide bonds. The van der Waals surface area contributed by atoms with E-state index in [0.29, 0.717) is 32.1 Å². The Morgan fingerprint density at radius 3 is 2.52 bits per heavy atom. The van der Waals surface area contributed by atoms with Gasteiger partial charge in [-0.15, -0.1) is 0 Å². The summed E-state index contributed by atoms with van der Waals surface area (Å²) >= 11 is 9.09. The molecule has 1 heterocycles. The van der Waals surface area contributed by atoms with Gasteiger partial charge in [0.1, 0.15) is 5.15 Å². The summed E-state index contributed by atoms with van der Waals surface area (Å²) in [5.41, 5.74) is 7.72. The molecule has 0 radical (unpaired) electrons. The quantitative estimate of drug-likeness (QED) is 0.620. The Bertz CT molecular complexity index is 809. The SMILES string of the molecule is Cc1cc(Br)c(N)cc1S(=O)(=O)Nc1cnc(Cl)c(C)c1. The fourth-order valence-corrected chi connectivity index (χ4v) is 3.64. The average molecular weight is 391 g/mol. The average Bonchev–Trinajstić information content (AvgIpc) is 2.37. The van der Waals surface area contributed by atoms with E-state index in [2.05, 4.69) is 25.6 Å². The number of hydrogen-bond acceptors (Lipinski definition) is 4. The van der Waals surface area contributed by atoms with Crippen LogP contribution in [-0.2, 0) is 10.0 Å². The van der Waals surface area contributed by atoms with Crippen molar-refractivity contribution in [2.45, 2.75) is 18.7 Å². The van der Waals surface area contributed by atoms with Gasteiger partial charge in [-0.05, 0) is 59.1 Å². The third-order valence-electron chi connectivity index (χ3n) is 2.85. The first-order valence-electron chi connectivity index (χ1n) is 5.91. The second-order valence-corrected chi connectivity index (χ2v) is 7.44. The Morgan fingerprint density at radius 1 is 1.24 bits per heavy atom. The van der Waals surface area contributed by atoms with Crippen LogP contribution in [0.25, 0.3) is 0 Å². The summed E-state index contributed by atoms with van der Waals surface area (Å²) in [6.45, 7) is 3.44. The Labute approximate surface area is 136 Å². The van der Waals surface area contributed by atoms with Crippen molar-refractivity contribution >= 4 is 48.9 Å². The molecule has 21 heavy (non-hydrogen) atoms. The first kappa shape index (κ1) is 16.1. The second-order valence-electron chi connectivity index (χ2n) is 4.58. The Balaban J connectivity index is 2.43. The van der Waals surface area contributed by atoms with Gasteiger partial charge in [0.15, 0.2) is 0 Å². The number of nitrogens with two attached hydrogens (primary N) is 1. The molecule has 112 valence electrons. The van der Waals surface area contributed by atoms with Crippen LogP contribution >= 0.6 is 27.5 Å². The van der Waals surface area contributed by atoms with E-state index in [1.54, 1.807) is 26.0 Å². The van der Waals surface area contributed by atoms with Crippen LogP contribution in [0.3, 0.4) is 0 Å². The Hall–Kier alpha value is -1.31. The molecule has 0 saturated carbocycles. The van der Waals surface area contributed by atoms with E-state index in [0.717, 1.165) is 0 Å². The van der Waals surface area contributed by atoms with E-state index in [1.807, 2.05) is 0 Å². The van der Waals surface area contributed by atoms with Gasteiger partial charge in [-0.3, -0.25) is 4.72 Å². The van der Waals surface area contributed by atoms with Gasteiger partial charge >= 0.3 is 0 Å². The maximum absolute atomic E-state index is 12.4. The topological polar surface area (TPSA) is 85.1 Å². The van der Waals surface area contributed by atoms with Crippen LogP contribution in [-0.4, -0.2) is 13.4 Å². The van der Waals surface area contributed by atoms with Gasteiger partial charge in [0.25, 0.3) is 10.0 Å². The molecular weight excluding hydrogens is 378 g/mol. The lowest BCUT2D eigenvalue weighted by Gasteiger charge is -2.12. The number of benzene rings is 1. The molecule has 0 aliphatic heterocycles. The van der Waals surface area contributed by atoms with Crippen LogP contribution in [0.15, 0.2) is 33.8 Å². The summed E-state index contributed by atoms with van der Waals surface area (Å²) in [6.07, 6.45) is 1.37. The number of nitrogens with one attached hydrogen (secondary N) is 1. The highest BCUT2D eigenvalue weighted by atomic mass is 79.9. The molecule has 0 spiro atoms. The van der Waals surface area contributed by atoms with E-state index < -0.39 is 10.0 Å². The molecule has 8 heteroatoms. The largest absolute Gasteiger partial charge is 0.398 e. The maximum atomic E-state index is 12.4. The highest BCUT2D eigenvalue weighted by Gasteiger charge is 2.19. The summed E-state index contributed by atoms with van der Waals surface area (Å²) in [5, 5.41) is 0.335. The van der Waals surface area contributed by atoms with Gasteiger partial charge in [-0.2, -0.15) is 0 Å². The smallest absolute Gasteiger partial charge is 0.262 e. The number of anilines is 2. The van der Waals surface area contributed by atoms with Crippen LogP contribution in [0.1, 0.15) is 11.1 Å². The summed E-state index contributed by atoms with van der Waals surface area (Å²) in [5.74, 6) is 0. The molecule has 1 aromatic carbocycles. The lowest BCUT2D eigenvalue weighted by Crippen LogP contribution is -2.15. The predicted octanol–water partition coefficient (Wildman–Crippen LogP) is 3.50. The Kier molecular flexibility index (Phi) is 4.46. The van der Waals surface area contributed by atoms with Crippen LogP contribution in [0.5, 0.6) is 0 Å². The molecule has 0 aliphatic rings. The van der Waals surface area contributed by atoms with Crippen molar-refractivity contribution in [2.24, 2.45) is 0 Å². The number of nitrogen functional groups attached to an aromatic ring is 1. The molecule has 1 aromatic heterocycles. The molecule has 0 aliphatic carbocycles. The molecule has 2 rings (SSSR count). The monoisotopic (exact) mass is 389 g/mol. The fraction of sp³-hybridized carbons (Fsp3) is 0.154. The van der Waals surface area contributed by atoms with Crippen LogP contribution in [0.2, 0.25) is 5.15 Å². The van der Waals surface area contributed by atoms with E-state index >= 15 is 0 Å². The van der Waals surface area contributed by atoms with E-state index in [1.165, 1.54) is 12.3 Å². The molecule has 2 aromatic rings. The molecule has 0 bridgehead atoms.